The van der Waals surface area contributed by atoms with Crippen LogP contribution in [0.4, 0.5) is 5.69 Å². The van der Waals surface area contributed by atoms with Crippen LogP contribution in [-0.4, -0.2) is 42.3 Å². The van der Waals surface area contributed by atoms with Crippen molar-refractivity contribution in [2.24, 2.45) is 5.10 Å². The third-order valence-corrected chi connectivity index (χ3v) is 5.51. The minimum Gasteiger partial charge on any atom is -0.322 e. The number of benzene rings is 3. The number of nitrogens with zero attached hydrogens (tertiary/aromatic N) is 3. The molecule has 0 spiro atoms. The Morgan fingerprint density at radius 2 is 1.50 bits per heavy atom. The maximum atomic E-state index is 10.9. The predicted molar refractivity (Wildman–Crippen MR) is 118 cm³/mol. The van der Waals surface area contributed by atoms with Crippen LogP contribution in [0.15, 0.2) is 90.0 Å². The van der Waals surface area contributed by atoms with Gasteiger partial charge in [0.15, 0.2) is 0 Å². The normalized spacial score (nSPS) is 15.0. The number of nitro groups is 1. The summed E-state index contributed by atoms with van der Waals surface area (Å²) < 4.78 is 0. The second kappa shape index (κ2) is 9.33. The van der Waals surface area contributed by atoms with E-state index < -0.39 is 0 Å². The van der Waals surface area contributed by atoms with Crippen LogP contribution in [-0.2, 0) is 0 Å². The Kier molecular flexibility index (Phi) is 6.15. The quantitative estimate of drug-likeness (QED) is 0.392. The third-order valence-electron chi connectivity index (χ3n) is 5.51. The van der Waals surface area contributed by atoms with Gasteiger partial charge in [0.05, 0.1) is 37.3 Å². The van der Waals surface area contributed by atoms with Gasteiger partial charge in [0.2, 0.25) is 0 Å². The highest BCUT2D eigenvalue weighted by molar-refractivity contribution is 5.80. The first-order valence-electron chi connectivity index (χ1n) is 10.2. The molecule has 0 aliphatic carbocycles. The highest BCUT2D eigenvalue weighted by Crippen LogP contribution is 2.19. The molecule has 6 heteroatoms. The van der Waals surface area contributed by atoms with Crippen LogP contribution < -0.4 is 4.90 Å². The molecular weight excluding hydrogens is 376 g/mol. The highest BCUT2D eigenvalue weighted by atomic mass is 16.6. The molecule has 0 saturated carbocycles. The lowest BCUT2D eigenvalue weighted by Gasteiger charge is -2.35. The molecule has 3 aromatic carbocycles. The van der Waals surface area contributed by atoms with E-state index in [4.69, 9.17) is 0 Å². The minimum absolute atomic E-state index is 0.0850. The molecular formula is C24H25N4O2+. The summed E-state index contributed by atoms with van der Waals surface area (Å²) in [5, 5.41) is 17.6. The number of piperazine rings is 1. The van der Waals surface area contributed by atoms with Crippen molar-refractivity contribution < 1.29 is 9.82 Å². The predicted octanol–water partition coefficient (Wildman–Crippen LogP) is 2.92. The lowest BCUT2D eigenvalue weighted by molar-refractivity contribution is -0.929. The molecule has 1 saturated heterocycles. The molecule has 0 radical (unpaired) electrons. The van der Waals surface area contributed by atoms with Crippen LogP contribution in [0.3, 0.4) is 0 Å². The molecule has 1 aliphatic rings. The molecule has 1 heterocycles. The monoisotopic (exact) mass is 401 g/mol. The van der Waals surface area contributed by atoms with Crippen molar-refractivity contribution in [3.05, 3.63) is 112 Å². The number of hydrogen-bond donors (Lipinski definition) is 1. The molecule has 30 heavy (non-hydrogen) atoms. The van der Waals surface area contributed by atoms with Gasteiger partial charge < -0.3 is 4.90 Å². The number of nitro benzene ring substituents is 1. The van der Waals surface area contributed by atoms with Gasteiger partial charge in [0, 0.05) is 28.8 Å². The summed E-state index contributed by atoms with van der Waals surface area (Å²) in [6, 6.07) is 28.2. The first-order chi connectivity index (χ1) is 14.7. The fraction of sp³-hybridized carbons (Fsp3) is 0.208. The molecule has 152 valence electrons. The average molecular weight is 401 g/mol. The minimum atomic E-state index is -0.382. The summed E-state index contributed by atoms with van der Waals surface area (Å²) >= 11 is 0. The van der Waals surface area contributed by atoms with E-state index >= 15 is 0 Å². The Labute approximate surface area is 176 Å². The topological polar surface area (TPSA) is 63.2 Å². The summed E-state index contributed by atoms with van der Waals surface area (Å²) in [6.45, 7) is 3.63. The van der Waals surface area contributed by atoms with Crippen LogP contribution in [0.25, 0.3) is 0 Å². The van der Waals surface area contributed by atoms with E-state index in [1.807, 2.05) is 6.07 Å². The van der Waals surface area contributed by atoms with Gasteiger partial charge in [0.25, 0.3) is 5.69 Å². The molecule has 6 nitrogen and oxygen atoms in total. The van der Waals surface area contributed by atoms with Gasteiger partial charge in [-0.15, -0.1) is 0 Å². The summed E-state index contributed by atoms with van der Waals surface area (Å²) in [5.41, 5.74) is 3.48. The van der Waals surface area contributed by atoms with Crippen molar-refractivity contribution >= 4 is 11.9 Å². The van der Waals surface area contributed by atoms with E-state index in [0.29, 0.717) is 6.04 Å². The van der Waals surface area contributed by atoms with Crippen LogP contribution >= 0.6 is 0 Å². The largest absolute Gasteiger partial charge is 0.322 e. The van der Waals surface area contributed by atoms with Crippen molar-refractivity contribution in [2.75, 3.05) is 26.2 Å². The zero-order chi connectivity index (χ0) is 20.8. The number of rotatable bonds is 6. The SMILES string of the molecule is O=[N+]([O-])c1cccc(/C=N/N2CC[NH+](C(c3ccccc3)c3ccccc3)CC2)c1. The molecule has 0 unspecified atom stereocenters. The Morgan fingerprint density at radius 3 is 2.07 bits per heavy atom. The van der Waals surface area contributed by atoms with Crippen LogP contribution in [0, 0.1) is 10.1 Å². The second-order valence-electron chi connectivity index (χ2n) is 7.46. The first-order valence-corrected chi connectivity index (χ1v) is 10.2. The summed E-state index contributed by atoms with van der Waals surface area (Å²) in [4.78, 5) is 12.1. The van der Waals surface area contributed by atoms with Crippen molar-refractivity contribution in [1.29, 1.82) is 0 Å². The fourth-order valence-electron chi connectivity index (χ4n) is 4.01. The summed E-state index contributed by atoms with van der Waals surface area (Å²) in [5.74, 6) is 0. The molecule has 1 fully saturated rings. The van der Waals surface area contributed by atoms with Crippen LogP contribution in [0.1, 0.15) is 22.7 Å². The van der Waals surface area contributed by atoms with Crippen molar-refractivity contribution in [2.45, 2.75) is 6.04 Å². The van der Waals surface area contributed by atoms with Gasteiger partial charge in [-0.3, -0.25) is 15.1 Å². The van der Waals surface area contributed by atoms with E-state index in [9.17, 15) is 10.1 Å². The Bertz CT molecular complexity index is 960. The van der Waals surface area contributed by atoms with E-state index in [1.54, 1.807) is 18.3 Å². The molecule has 0 amide bonds. The Hall–Kier alpha value is -3.51. The standard InChI is InChI=1S/C24H24N4O2/c29-28(30)23-13-7-8-20(18-23)19-25-27-16-14-26(15-17-27)24(21-9-3-1-4-10-21)22-11-5-2-6-12-22/h1-13,18-19,24H,14-17H2/p+1/b25-19+. The second-order valence-corrected chi connectivity index (χ2v) is 7.46. The number of quaternary nitrogens is 1. The maximum absolute atomic E-state index is 10.9. The maximum Gasteiger partial charge on any atom is 0.270 e. The average Bonchev–Trinajstić information content (AvgIpc) is 2.80. The van der Waals surface area contributed by atoms with E-state index in [2.05, 4.69) is 70.8 Å². The van der Waals surface area contributed by atoms with Gasteiger partial charge in [-0.1, -0.05) is 72.8 Å². The Morgan fingerprint density at radius 1 is 0.900 bits per heavy atom. The van der Waals surface area contributed by atoms with Crippen LogP contribution in [0.5, 0.6) is 0 Å². The van der Waals surface area contributed by atoms with Gasteiger partial charge in [-0.25, -0.2) is 0 Å². The van der Waals surface area contributed by atoms with E-state index in [-0.39, 0.29) is 10.6 Å². The summed E-state index contributed by atoms with van der Waals surface area (Å²) in [7, 11) is 0. The molecule has 0 bridgehead atoms. The smallest absolute Gasteiger partial charge is 0.270 e. The molecule has 0 aromatic heterocycles. The van der Waals surface area contributed by atoms with Crippen LogP contribution in [0.2, 0.25) is 0 Å². The number of non-ortho nitro benzene ring substituents is 1. The fourth-order valence-corrected chi connectivity index (χ4v) is 4.01. The van der Waals surface area contributed by atoms with Gasteiger partial charge in [-0.2, -0.15) is 5.10 Å². The van der Waals surface area contributed by atoms with Crippen molar-refractivity contribution in [3.8, 4) is 0 Å². The zero-order valence-electron chi connectivity index (χ0n) is 16.7. The van der Waals surface area contributed by atoms with Crippen molar-refractivity contribution in [3.63, 3.8) is 0 Å². The van der Waals surface area contributed by atoms with E-state index in [0.717, 1.165) is 31.7 Å². The number of hydrazone groups is 1. The van der Waals surface area contributed by atoms with Crippen molar-refractivity contribution in [1.82, 2.24) is 5.01 Å². The molecule has 0 atom stereocenters. The molecule has 3 aromatic rings. The van der Waals surface area contributed by atoms with Gasteiger partial charge in [-0.05, 0) is 0 Å². The molecule has 1 aliphatic heterocycles. The lowest BCUT2D eigenvalue weighted by Crippen LogP contribution is -3.15. The first kappa shape index (κ1) is 19.8. The molecule has 1 N–H and O–H groups in total. The number of nitrogens with one attached hydrogen (secondary N) is 1. The van der Waals surface area contributed by atoms with Gasteiger partial charge >= 0.3 is 0 Å². The highest BCUT2D eigenvalue weighted by Gasteiger charge is 2.29. The van der Waals surface area contributed by atoms with Gasteiger partial charge in [0.1, 0.15) is 6.04 Å². The number of hydrogen-bond acceptors (Lipinski definition) is 4. The molecule has 4 rings (SSSR count). The van der Waals surface area contributed by atoms with E-state index in [1.165, 1.54) is 22.1 Å². The Balaban J connectivity index is 1.45. The lowest BCUT2D eigenvalue weighted by atomic mass is 9.96. The summed E-state index contributed by atoms with van der Waals surface area (Å²) in [6.07, 6.45) is 1.71. The third kappa shape index (κ3) is 4.72. The zero-order valence-corrected chi connectivity index (χ0v) is 16.7.